The molecule has 3 nitrogen and oxygen atoms in total. The Hall–Kier alpha value is -0.740. The number of rotatable bonds is 4. The fraction of sp³-hybridized carbons (Fsp3) is 0.538. The van der Waals surface area contributed by atoms with E-state index >= 15 is 0 Å². The number of hydrogen-bond donors (Lipinski definition) is 1. The number of halogens is 1. The smallest absolute Gasteiger partial charge is 0.0750 e. The van der Waals surface area contributed by atoms with Crippen LogP contribution in [-0.4, -0.2) is 25.8 Å². The lowest BCUT2D eigenvalue weighted by Crippen LogP contribution is -2.32. The summed E-state index contributed by atoms with van der Waals surface area (Å²) in [4.78, 5) is 2.29. The normalized spacial score (nSPS) is 19.5. The number of likely N-dealkylation sites (N-methyl/N-ethyl adjacent to an activating group) is 1. The van der Waals surface area contributed by atoms with E-state index in [9.17, 15) is 0 Å². The Kier molecular flexibility index (Phi) is 4.29. The second kappa shape index (κ2) is 5.74. The van der Waals surface area contributed by atoms with E-state index in [1.165, 1.54) is 6.42 Å². The summed E-state index contributed by atoms with van der Waals surface area (Å²) in [6.07, 6.45) is 2.70. The third kappa shape index (κ3) is 3.13. The van der Waals surface area contributed by atoms with Gasteiger partial charge in [-0.3, -0.25) is 0 Å². The molecule has 1 aromatic carbocycles. The van der Waals surface area contributed by atoms with Crippen LogP contribution in [0.4, 0.5) is 11.4 Å². The van der Waals surface area contributed by atoms with Gasteiger partial charge in [0.25, 0.3) is 0 Å². The highest BCUT2D eigenvalue weighted by Crippen LogP contribution is 2.27. The van der Waals surface area contributed by atoms with E-state index in [4.69, 9.17) is 10.5 Å². The van der Waals surface area contributed by atoms with Crippen molar-refractivity contribution in [1.82, 2.24) is 0 Å². The van der Waals surface area contributed by atoms with Gasteiger partial charge >= 0.3 is 0 Å². The molecule has 2 N–H and O–H groups in total. The molecule has 4 heteroatoms. The van der Waals surface area contributed by atoms with E-state index in [1.54, 1.807) is 0 Å². The molecule has 1 atom stereocenters. The molecule has 1 saturated heterocycles. The zero-order valence-corrected chi connectivity index (χ0v) is 11.7. The van der Waals surface area contributed by atoms with Gasteiger partial charge in [0.15, 0.2) is 0 Å². The van der Waals surface area contributed by atoms with Crippen molar-refractivity contribution in [2.24, 2.45) is 0 Å². The Morgan fingerprint density at radius 2 is 2.35 bits per heavy atom. The average molecular weight is 299 g/mol. The highest BCUT2D eigenvalue weighted by atomic mass is 79.9. The van der Waals surface area contributed by atoms with Gasteiger partial charge in [0.05, 0.1) is 17.5 Å². The van der Waals surface area contributed by atoms with Crippen molar-refractivity contribution in [3.63, 3.8) is 0 Å². The molecule has 0 amide bonds. The molecule has 1 aromatic rings. The number of nitrogens with two attached hydrogens (primary N) is 1. The lowest BCUT2D eigenvalue weighted by atomic mass is 10.2. The topological polar surface area (TPSA) is 38.5 Å². The average Bonchev–Trinajstić information content (AvgIpc) is 2.79. The summed E-state index contributed by atoms with van der Waals surface area (Å²) in [7, 11) is 0. The van der Waals surface area contributed by atoms with Gasteiger partial charge in [-0.05, 0) is 38.0 Å². The molecule has 0 aromatic heterocycles. The van der Waals surface area contributed by atoms with Gasteiger partial charge in [-0.1, -0.05) is 15.9 Å². The van der Waals surface area contributed by atoms with Crippen molar-refractivity contribution < 1.29 is 4.74 Å². The number of anilines is 2. The van der Waals surface area contributed by atoms with Crippen LogP contribution in [0, 0.1) is 0 Å². The van der Waals surface area contributed by atoms with Crippen LogP contribution < -0.4 is 10.6 Å². The van der Waals surface area contributed by atoms with E-state index in [-0.39, 0.29) is 0 Å². The summed E-state index contributed by atoms with van der Waals surface area (Å²) in [5.41, 5.74) is 7.98. The van der Waals surface area contributed by atoms with Crippen LogP contribution >= 0.6 is 15.9 Å². The number of nitrogens with zero attached hydrogens (tertiary/aromatic N) is 1. The molecule has 2 rings (SSSR count). The van der Waals surface area contributed by atoms with Crippen LogP contribution in [0.25, 0.3) is 0 Å². The number of hydrogen-bond acceptors (Lipinski definition) is 3. The molecular formula is C13H19BrN2O. The summed E-state index contributed by atoms with van der Waals surface area (Å²) < 4.78 is 6.70. The molecule has 1 heterocycles. The molecule has 17 heavy (non-hydrogen) atoms. The molecular weight excluding hydrogens is 280 g/mol. The van der Waals surface area contributed by atoms with E-state index in [1.807, 2.05) is 12.1 Å². The van der Waals surface area contributed by atoms with Crippen molar-refractivity contribution in [2.75, 3.05) is 30.3 Å². The zero-order chi connectivity index (χ0) is 12.3. The highest BCUT2D eigenvalue weighted by Gasteiger charge is 2.19. The highest BCUT2D eigenvalue weighted by molar-refractivity contribution is 9.10. The lowest BCUT2D eigenvalue weighted by Gasteiger charge is -2.27. The summed E-state index contributed by atoms with van der Waals surface area (Å²) >= 11 is 3.43. The standard InChI is InChI=1S/C13H19BrN2O/c1-2-16(9-11-4-3-7-17-11)13-6-5-10(14)8-12(13)15/h5-6,8,11H,2-4,7,9,15H2,1H3. The summed E-state index contributed by atoms with van der Waals surface area (Å²) in [5, 5.41) is 0. The maximum Gasteiger partial charge on any atom is 0.0750 e. The van der Waals surface area contributed by atoms with Crippen LogP contribution in [0.2, 0.25) is 0 Å². The first-order valence-corrected chi connectivity index (χ1v) is 6.91. The van der Waals surface area contributed by atoms with Gasteiger partial charge in [0.1, 0.15) is 0 Å². The molecule has 0 spiro atoms. The summed E-state index contributed by atoms with van der Waals surface area (Å²) in [6.45, 7) is 4.93. The predicted octanol–water partition coefficient (Wildman–Crippen LogP) is 3.04. The number of nitrogen functional groups attached to an aromatic ring is 1. The van der Waals surface area contributed by atoms with Crippen LogP contribution in [-0.2, 0) is 4.74 Å². The molecule has 1 aliphatic heterocycles. The lowest BCUT2D eigenvalue weighted by molar-refractivity contribution is 0.116. The molecule has 1 aliphatic rings. The molecule has 94 valence electrons. The number of ether oxygens (including phenoxy) is 1. The SMILES string of the molecule is CCN(CC1CCCO1)c1ccc(Br)cc1N. The fourth-order valence-electron chi connectivity index (χ4n) is 2.25. The predicted molar refractivity (Wildman–Crippen MR) is 75.4 cm³/mol. The van der Waals surface area contributed by atoms with E-state index in [0.717, 1.165) is 42.0 Å². The number of benzene rings is 1. The molecule has 0 aliphatic carbocycles. The largest absolute Gasteiger partial charge is 0.397 e. The third-order valence-electron chi connectivity index (χ3n) is 3.16. The minimum absolute atomic E-state index is 0.359. The summed E-state index contributed by atoms with van der Waals surface area (Å²) in [6, 6.07) is 6.05. The van der Waals surface area contributed by atoms with Gasteiger partial charge in [-0.25, -0.2) is 0 Å². The van der Waals surface area contributed by atoms with Crippen molar-refractivity contribution in [2.45, 2.75) is 25.9 Å². The van der Waals surface area contributed by atoms with Gasteiger partial charge in [-0.15, -0.1) is 0 Å². The van der Waals surface area contributed by atoms with Gasteiger partial charge in [-0.2, -0.15) is 0 Å². The zero-order valence-electron chi connectivity index (χ0n) is 10.2. The van der Waals surface area contributed by atoms with E-state index in [0.29, 0.717) is 6.10 Å². The molecule has 0 bridgehead atoms. The summed E-state index contributed by atoms with van der Waals surface area (Å²) in [5.74, 6) is 0. The van der Waals surface area contributed by atoms with E-state index in [2.05, 4.69) is 33.8 Å². The first kappa shape index (κ1) is 12.7. The van der Waals surface area contributed by atoms with Crippen molar-refractivity contribution in [3.8, 4) is 0 Å². The first-order valence-electron chi connectivity index (χ1n) is 6.12. The molecule has 0 radical (unpaired) electrons. The van der Waals surface area contributed by atoms with Crippen LogP contribution in [0.1, 0.15) is 19.8 Å². The monoisotopic (exact) mass is 298 g/mol. The minimum atomic E-state index is 0.359. The second-order valence-corrected chi connectivity index (χ2v) is 5.29. The molecule has 1 unspecified atom stereocenters. The maximum absolute atomic E-state index is 6.06. The Balaban J connectivity index is 2.10. The molecule has 1 fully saturated rings. The van der Waals surface area contributed by atoms with E-state index < -0.39 is 0 Å². The Bertz CT molecular complexity index is 378. The third-order valence-corrected chi connectivity index (χ3v) is 3.65. The first-order chi connectivity index (χ1) is 8.20. The van der Waals surface area contributed by atoms with Gasteiger partial charge in [0.2, 0.25) is 0 Å². The Morgan fingerprint density at radius 1 is 1.53 bits per heavy atom. The minimum Gasteiger partial charge on any atom is -0.397 e. The Morgan fingerprint density at radius 3 is 2.94 bits per heavy atom. The van der Waals surface area contributed by atoms with Crippen molar-refractivity contribution in [3.05, 3.63) is 22.7 Å². The van der Waals surface area contributed by atoms with Crippen molar-refractivity contribution >= 4 is 27.3 Å². The van der Waals surface area contributed by atoms with Crippen LogP contribution in [0.15, 0.2) is 22.7 Å². The van der Waals surface area contributed by atoms with Crippen LogP contribution in [0.3, 0.4) is 0 Å². The Labute approximate surface area is 111 Å². The maximum atomic E-state index is 6.06. The quantitative estimate of drug-likeness (QED) is 0.869. The van der Waals surface area contributed by atoms with Crippen molar-refractivity contribution in [1.29, 1.82) is 0 Å². The molecule has 0 saturated carbocycles. The second-order valence-electron chi connectivity index (χ2n) is 4.38. The van der Waals surface area contributed by atoms with Crippen LogP contribution in [0.5, 0.6) is 0 Å². The van der Waals surface area contributed by atoms with Gasteiger partial charge in [0, 0.05) is 24.2 Å². The van der Waals surface area contributed by atoms with Gasteiger partial charge < -0.3 is 15.4 Å². The fourth-order valence-corrected chi connectivity index (χ4v) is 2.62.